The fourth-order valence-corrected chi connectivity index (χ4v) is 2.92. The van der Waals surface area contributed by atoms with E-state index < -0.39 is 0 Å². The molecule has 1 aliphatic rings. The van der Waals surface area contributed by atoms with Gasteiger partial charge in [-0.05, 0) is 43.7 Å². The van der Waals surface area contributed by atoms with E-state index in [-0.39, 0.29) is 0 Å². The van der Waals surface area contributed by atoms with Gasteiger partial charge in [0.1, 0.15) is 0 Å². The fourth-order valence-electron chi connectivity index (χ4n) is 2.92. The van der Waals surface area contributed by atoms with Gasteiger partial charge in [0, 0.05) is 0 Å². The molecule has 1 saturated carbocycles. The third-order valence-corrected chi connectivity index (χ3v) is 3.97. The predicted molar refractivity (Wildman–Crippen MR) is 69.5 cm³/mol. The van der Waals surface area contributed by atoms with Crippen LogP contribution in [0.4, 0.5) is 0 Å². The minimum absolute atomic E-state index is 0.699. The van der Waals surface area contributed by atoms with Crippen LogP contribution < -0.4 is 5.73 Å². The largest absolute Gasteiger partial charge is 0.330 e. The maximum Gasteiger partial charge on any atom is -0.00430 e. The molecule has 1 heteroatoms. The zero-order chi connectivity index (χ0) is 11.4. The number of benzene rings is 1. The highest BCUT2D eigenvalue weighted by Gasteiger charge is 2.23. The van der Waals surface area contributed by atoms with Crippen LogP contribution in [0.5, 0.6) is 0 Å². The summed E-state index contributed by atoms with van der Waals surface area (Å²) in [7, 11) is 0. The van der Waals surface area contributed by atoms with Gasteiger partial charge in [0.05, 0.1) is 0 Å². The maximum atomic E-state index is 5.93. The van der Waals surface area contributed by atoms with Gasteiger partial charge in [-0.2, -0.15) is 0 Å². The Hall–Kier alpha value is -0.820. The lowest BCUT2D eigenvalue weighted by Crippen LogP contribution is -2.21. The van der Waals surface area contributed by atoms with Gasteiger partial charge in [0.15, 0.2) is 0 Å². The van der Waals surface area contributed by atoms with Crippen molar-refractivity contribution in [2.75, 3.05) is 6.54 Å². The molecule has 2 rings (SSSR count). The highest BCUT2D eigenvalue weighted by atomic mass is 14.6. The van der Waals surface area contributed by atoms with Gasteiger partial charge >= 0.3 is 0 Å². The summed E-state index contributed by atoms with van der Waals surface area (Å²) in [5.74, 6) is 1.40. The van der Waals surface area contributed by atoms with Crippen LogP contribution in [0.2, 0.25) is 0 Å². The number of hydrogen-bond donors (Lipinski definition) is 1. The van der Waals surface area contributed by atoms with Gasteiger partial charge in [-0.25, -0.2) is 0 Å². The molecule has 0 aliphatic heterocycles. The standard InChI is InChI=1S/C15H23N/c1-12-7-9-13(10-8-12)15-6-4-2-3-5-14(15)11-16/h7-10,14-15H,2-6,11,16H2,1H3. The first kappa shape index (κ1) is 11.7. The monoisotopic (exact) mass is 217 g/mol. The molecule has 1 fully saturated rings. The molecule has 0 bridgehead atoms. The Morgan fingerprint density at radius 3 is 2.44 bits per heavy atom. The van der Waals surface area contributed by atoms with E-state index >= 15 is 0 Å². The minimum atomic E-state index is 0.699. The van der Waals surface area contributed by atoms with E-state index in [0.29, 0.717) is 11.8 Å². The molecular weight excluding hydrogens is 194 g/mol. The lowest BCUT2D eigenvalue weighted by Gasteiger charge is -2.24. The predicted octanol–water partition coefficient (Wildman–Crippen LogP) is 3.62. The number of nitrogens with two attached hydrogens (primary N) is 1. The first-order valence-corrected chi connectivity index (χ1v) is 6.58. The maximum absolute atomic E-state index is 5.93. The van der Waals surface area contributed by atoms with Crippen molar-refractivity contribution in [2.24, 2.45) is 11.7 Å². The molecule has 0 radical (unpaired) electrons. The first-order valence-electron chi connectivity index (χ1n) is 6.58. The summed E-state index contributed by atoms with van der Waals surface area (Å²) in [6.45, 7) is 3.00. The van der Waals surface area contributed by atoms with E-state index in [2.05, 4.69) is 31.2 Å². The number of rotatable bonds is 2. The summed E-state index contributed by atoms with van der Waals surface area (Å²) < 4.78 is 0. The summed E-state index contributed by atoms with van der Waals surface area (Å²) in [6, 6.07) is 9.06. The summed E-state index contributed by atoms with van der Waals surface area (Å²) in [5.41, 5.74) is 8.78. The van der Waals surface area contributed by atoms with Crippen LogP contribution in [0.15, 0.2) is 24.3 Å². The molecule has 1 aliphatic carbocycles. The van der Waals surface area contributed by atoms with E-state index in [4.69, 9.17) is 5.73 Å². The molecule has 2 N–H and O–H groups in total. The van der Waals surface area contributed by atoms with Crippen molar-refractivity contribution in [3.8, 4) is 0 Å². The average Bonchev–Trinajstić information content (AvgIpc) is 2.55. The zero-order valence-corrected chi connectivity index (χ0v) is 10.3. The van der Waals surface area contributed by atoms with Crippen LogP contribution >= 0.6 is 0 Å². The van der Waals surface area contributed by atoms with Crippen LogP contribution in [-0.4, -0.2) is 6.54 Å². The smallest absolute Gasteiger partial charge is 0.00430 e. The van der Waals surface area contributed by atoms with E-state index in [1.54, 1.807) is 0 Å². The molecule has 0 saturated heterocycles. The van der Waals surface area contributed by atoms with Gasteiger partial charge in [0.2, 0.25) is 0 Å². The second-order valence-electron chi connectivity index (χ2n) is 5.15. The summed E-state index contributed by atoms with van der Waals surface area (Å²) in [6.07, 6.45) is 6.76. The topological polar surface area (TPSA) is 26.0 Å². The molecule has 2 atom stereocenters. The Kier molecular flexibility index (Phi) is 4.00. The summed E-state index contributed by atoms with van der Waals surface area (Å²) in [4.78, 5) is 0. The Morgan fingerprint density at radius 2 is 1.75 bits per heavy atom. The summed E-state index contributed by atoms with van der Waals surface area (Å²) in [5, 5.41) is 0. The van der Waals surface area contributed by atoms with Gasteiger partial charge in [-0.3, -0.25) is 0 Å². The molecular formula is C15H23N. The van der Waals surface area contributed by atoms with E-state index in [1.807, 2.05) is 0 Å². The molecule has 88 valence electrons. The normalized spacial score (nSPS) is 26.4. The highest BCUT2D eigenvalue weighted by molar-refractivity contribution is 5.25. The lowest BCUT2D eigenvalue weighted by atomic mass is 9.82. The Morgan fingerprint density at radius 1 is 1.06 bits per heavy atom. The summed E-state index contributed by atoms with van der Waals surface area (Å²) >= 11 is 0. The highest BCUT2D eigenvalue weighted by Crippen LogP contribution is 2.35. The van der Waals surface area contributed by atoms with E-state index in [0.717, 1.165) is 6.54 Å². The van der Waals surface area contributed by atoms with Crippen molar-refractivity contribution in [3.05, 3.63) is 35.4 Å². The van der Waals surface area contributed by atoms with Crippen molar-refractivity contribution in [1.29, 1.82) is 0 Å². The van der Waals surface area contributed by atoms with Crippen molar-refractivity contribution in [3.63, 3.8) is 0 Å². The van der Waals surface area contributed by atoms with Crippen LogP contribution in [0, 0.1) is 12.8 Å². The minimum Gasteiger partial charge on any atom is -0.330 e. The van der Waals surface area contributed by atoms with Crippen molar-refractivity contribution < 1.29 is 0 Å². The molecule has 0 spiro atoms. The lowest BCUT2D eigenvalue weighted by molar-refractivity contribution is 0.408. The van der Waals surface area contributed by atoms with Crippen LogP contribution in [-0.2, 0) is 0 Å². The van der Waals surface area contributed by atoms with Gasteiger partial charge in [-0.15, -0.1) is 0 Å². The third kappa shape index (κ3) is 2.65. The molecule has 16 heavy (non-hydrogen) atoms. The van der Waals surface area contributed by atoms with Crippen LogP contribution in [0.1, 0.15) is 49.1 Å². The van der Waals surface area contributed by atoms with Gasteiger partial charge < -0.3 is 5.73 Å². The SMILES string of the molecule is Cc1ccc(C2CCCCCC2CN)cc1. The van der Waals surface area contributed by atoms with Gasteiger partial charge in [-0.1, -0.05) is 49.1 Å². The van der Waals surface area contributed by atoms with Crippen LogP contribution in [0.25, 0.3) is 0 Å². The van der Waals surface area contributed by atoms with E-state index in [9.17, 15) is 0 Å². The molecule has 1 nitrogen and oxygen atoms in total. The Bertz CT molecular complexity index is 315. The Balaban J connectivity index is 2.18. The Labute approximate surface area is 99.0 Å². The quantitative estimate of drug-likeness (QED) is 0.752. The fraction of sp³-hybridized carbons (Fsp3) is 0.600. The molecule has 1 aromatic carbocycles. The number of hydrogen-bond acceptors (Lipinski definition) is 1. The van der Waals surface area contributed by atoms with Crippen LogP contribution in [0.3, 0.4) is 0 Å². The van der Waals surface area contributed by atoms with E-state index in [1.165, 1.54) is 43.2 Å². The van der Waals surface area contributed by atoms with Crippen molar-refractivity contribution in [1.82, 2.24) is 0 Å². The molecule has 0 heterocycles. The second kappa shape index (κ2) is 5.49. The first-order chi connectivity index (χ1) is 7.81. The third-order valence-electron chi connectivity index (χ3n) is 3.97. The van der Waals surface area contributed by atoms with Gasteiger partial charge in [0.25, 0.3) is 0 Å². The second-order valence-corrected chi connectivity index (χ2v) is 5.15. The number of aryl methyl sites for hydroxylation is 1. The molecule has 2 unspecified atom stereocenters. The average molecular weight is 217 g/mol. The molecule has 0 amide bonds. The molecule has 0 aromatic heterocycles. The molecule has 1 aromatic rings. The zero-order valence-electron chi connectivity index (χ0n) is 10.3. The van der Waals surface area contributed by atoms with Crippen molar-refractivity contribution in [2.45, 2.75) is 44.9 Å². The van der Waals surface area contributed by atoms with Crippen molar-refractivity contribution >= 4 is 0 Å².